The smallest absolute Gasteiger partial charge is 0.288 e. The van der Waals surface area contributed by atoms with Gasteiger partial charge < -0.3 is 10.5 Å². The molecule has 0 bridgehead atoms. The fraction of sp³-hybridized carbons (Fsp3) is 0.130. The first kappa shape index (κ1) is 22.8. The third-order valence-corrected chi connectivity index (χ3v) is 7.02. The monoisotopic (exact) mass is 484 g/mol. The molecule has 0 fully saturated rings. The number of para-hydroxylation sites is 1. The molecule has 10 heteroatoms. The van der Waals surface area contributed by atoms with E-state index in [4.69, 9.17) is 22.1 Å². The first-order valence-electron chi connectivity index (χ1n) is 9.92. The SMILES string of the molecule is CCOc1ccccc1[C]1C(=O)N(S(=O)(=O)c2ccc(C)cn2)c2ccc(Cl)c(C(N)=O)c21. The molecule has 0 unspecified atom stereocenters. The Morgan fingerprint density at radius 1 is 1.15 bits per heavy atom. The molecule has 1 aliphatic heterocycles. The van der Waals surface area contributed by atoms with Crippen LogP contribution in [0.25, 0.3) is 0 Å². The molecule has 2 heterocycles. The van der Waals surface area contributed by atoms with E-state index in [0.717, 1.165) is 5.56 Å². The molecule has 0 spiro atoms. The number of amides is 2. The Kier molecular flexibility index (Phi) is 5.85. The Hall–Kier alpha value is -3.43. The van der Waals surface area contributed by atoms with Gasteiger partial charge in [-0.2, -0.15) is 8.42 Å². The van der Waals surface area contributed by atoms with Crippen molar-refractivity contribution in [3.8, 4) is 5.75 Å². The maximum absolute atomic E-state index is 13.7. The van der Waals surface area contributed by atoms with E-state index >= 15 is 0 Å². The van der Waals surface area contributed by atoms with Crippen LogP contribution in [0.3, 0.4) is 0 Å². The van der Waals surface area contributed by atoms with Crippen molar-refractivity contribution in [3.05, 3.63) is 87.9 Å². The molecule has 1 radical (unpaired) electrons. The van der Waals surface area contributed by atoms with Crippen LogP contribution in [0, 0.1) is 12.8 Å². The number of nitrogens with two attached hydrogens (primary N) is 1. The van der Waals surface area contributed by atoms with E-state index in [9.17, 15) is 18.0 Å². The summed E-state index contributed by atoms with van der Waals surface area (Å²) in [6, 6.07) is 12.2. The predicted octanol–water partition coefficient (Wildman–Crippen LogP) is 3.25. The Labute approximate surface area is 196 Å². The minimum Gasteiger partial charge on any atom is -0.494 e. The predicted molar refractivity (Wildman–Crippen MR) is 123 cm³/mol. The van der Waals surface area contributed by atoms with E-state index in [0.29, 0.717) is 22.2 Å². The van der Waals surface area contributed by atoms with Gasteiger partial charge in [-0.3, -0.25) is 9.59 Å². The van der Waals surface area contributed by atoms with Crippen LogP contribution in [-0.2, 0) is 14.8 Å². The Bertz CT molecular complexity index is 1370. The minimum absolute atomic E-state index is 0.00634. The molecular weight excluding hydrogens is 466 g/mol. The number of pyridine rings is 1. The average molecular weight is 485 g/mol. The number of anilines is 1. The first-order chi connectivity index (χ1) is 15.7. The summed E-state index contributed by atoms with van der Waals surface area (Å²) in [5.74, 6) is -1.48. The molecule has 1 aliphatic rings. The van der Waals surface area contributed by atoms with Crippen LogP contribution in [0.1, 0.15) is 34.0 Å². The quantitative estimate of drug-likeness (QED) is 0.573. The highest BCUT2D eigenvalue weighted by Crippen LogP contribution is 2.48. The van der Waals surface area contributed by atoms with Crippen LogP contribution in [0.4, 0.5) is 5.69 Å². The van der Waals surface area contributed by atoms with Crippen LogP contribution >= 0.6 is 11.6 Å². The fourth-order valence-electron chi connectivity index (χ4n) is 3.69. The highest BCUT2D eigenvalue weighted by Gasteiger charge is 2.49. The lowest BCUT2D eigenvalue weighted by Crippen LogP contribution is -2.36. The third-order valence-electron chi connectivity index (χ3n) is 5.09. The lowest BCUT2D eigenvalue weighted by atomic mass is 9.88. The highest BCUT2D eigenvalue weighted by molar-refractivity contribution is 7.93. The molecule has 8 nitrogen and oxygen atoms in total. The Morgan fingerprint density at radius 3 is 2.52 bits per heavy atom. The molecule has 2 aromatic carbocycles. The summed E-state index contributed by atoms with van der Waals surface area (Å²) < 4.78 is 33.3. The number of carbonyl (C=O) groups excluding carboxylic acids is 2. The van der Waals surface area contributed by atoms with Crippen molar-refractivity contribution in [1.82, 2.24) is 4.98 Å². The lowest BCUT2D eigenvalue weighted by molar-refractivity contribution is -0.114. The number of rotatable bonds is 6. The van der Waals surface area contributed by atoms with Crippen LogP contribution < -0.4 is 14.8 Å². The number of carbonyl (C=O) groups is 2. The van der Waals surface area contributed by atoms with Crippen LogP contribution in [0.15, 0.2) is 59.8 Å². The maximum atomic E-state index is 13.7. The number of halogens is 1. The Balaban J connectivity index is 2.01. The maximum Gasteiger partial charge on any atom is 0.288 e. The van der Waals surface area contributed by atoms with Gasteiger partial charge in [-0.05, 0) is 43.7 Å². The summed E-state index contributed by atoms with van der Waals surface area (Å²) in [6.45, 7) is 3.84. The molecular formula is C23H19ClN3O5S. The van der Waals surface area contributed by atoms with Crippen molar-refractivity contribution < 1.29 is 22.7 Å². The zero-order valence-corrected chi connectivity index (χ0v) is 19.3. The number of primary amides is 1. The Morgan fingerprint density at radius 2 is 1.88 bits per heavy atom. The van der Waals surface area contributed by atoms with Gasteiger partial charge in [0.25, 0.3) is 21.8 Å². The van der Waals surface area contributed by atoms with Gasteiger partial charge in [0.15, 0.2) is 5.03 Å². The number of hydrogen-bond donors (Lipinski definition) is 1. The van der Waals surface area contributed by atoms with Gasteiger partial charge in [0.05, 0.1) is 22.9 Å². The van der Waals surface area contributed by atoms with Crippen molar-refractivity contribution in [1.29, 1.82) is 0 Å². The standard InChI is InChI=1S/C23H19ClN3O5S/c1-3-32-17-7-5-4-6-14(17)19-21-16(10-9-15(24)20(21)22(25)28)27(23(19)29)33(30,31)18-11-8-13(2)12-26-18/h4-12H,3H2,1-2H3,(H2,25,28). The summed E-state index contributed by atoms with van der Waals surface area (Å²) >= 11 is 6.26. The first-order valence-corrected chi connectivity index (χ1v) is 11.7. The number of hydrogen-bond acceptors (Lipinski definition) is 6. The van der Waals surface area contributed by atoms with Crippen LogP contribution in [0.5, 0.6) is 5.75 Å². The number of aryl methyl sites for hydroxylation is 1. The summed E-state index contributed by atoms with van der Waals surface area (Å²) in [7, 11) is -4.42. The largest absolute Gasteiger partial charge is 0.494 e. The van der Waals surface area contributed by atoms with Crippen LogP contribution in [-0.4, -0.2) is 31.8 Å². The van der Waals surface area contributed by atoms with Gasteiger partial charge in [0, 0.05) is 17.3 Å². The fourth-order valence-corrected chi connectivity index (χ4v) is 5.28. The van der Waals surface area contributed by atoms with Gasteiger partial charge in [-0.1, -0.05) is 35.9 Å². The topological polar surface area (TPSA) is 120 Å². The van der Waals surface area contributed by atoms with Crippen molar-refractivity contribution in [2.75, 3.05) is 10.9 Å². The van der Waals surface area contributed by atoms with E-state index in [1.165, 1.54) is 24.4 Å². The van der Waals surface area contributed by atoms with Crippen LogP contribution in [0.2, 0.25) is 5.02 Å². The van der Waals surface area contributed by atoms with Gasteiger partial charge in [0.1, 0.15) is 11.7 Å². The van der Waals surface area contributed by atoms with E-state index in [1.807, 2.05) is 0 Å². The normalized spacial score (nSPS) is 13.8. The molecule has 0 atom stereocenters. The zero-order valence-electron chi connectivity index (χ0n) is 17.7. The summed E-state index contributed by atoms with van der Waals surface area (Å²) in [4.78, 5) is 30.1. The number of fused-ring (bicyclic) bond motifs is 1. The number of benzene rings is 2. The average Bonchev–Trinajstić information content (AvgIpc) is 3.06. The van der Waals surface area contributed by atoms with E-state index in [2.05, 4.69) is 4.98 Å². The molecule has 0 saturated heterocycles. The van der Waals surface area contributed by atoms with E-state index < -0.39 is 21.8 Å². The number of ether oxygens (including phenoxy) is 1. The minimum atomic E-state index is -4.42. The van der Waals surface area contributed by atoms with Crippen molar-refractivity contribution in [2.45, 2.75) is 18.9 Å². The van der Waals surface area contributed by atoms with Crippen molar-refractivity contribution in [2.24, 2.45) is 5.73 Å². The second kappa shape index (κ2) is 8.49. The molecule has 0 aliphatic carbocycles. The van der Waals surface area contributed by atoms with Crippen molar-refractivity contribution in [3.63, 3.8) is 0 Å². The van der Waals surface area contributed by atoms with E-state index in [1.54, 1.807) is 44.2 Å². The van der Waals surface area contributed by atoms with Gasteiger partial charge >= 0.3 is 0 Å². The highest BCUT2D eigenvalue weighted by atomic mass is 35.5. The molecule has 2 N–H and O–H groups in total. The number of aromatic nitrogens is 1. The van der Waals surface area contributed by atoms with Gasteiger partial charge in [-0.25, -0.2) is 9.29 Å². The summed E-state index contributed by atoms with van der Waals surface area (Å²) in [6.07, 6.45) is 1.39. The lowest BCUT2D eigenvalue weighted by Gasteiger charge is -2.18. The molecule has 169 valence electrons. The zero-order chi connectivity index (χ0) is 23.9. The molecule has 3 aromatic rings. The molecule has 0 saturated carbocycles. The number of sulfonamides is 1. The van der Waals surface area contributed by atoms with Gasteiger partial charge in [-0.15, -0.1) is 0 Å². The molecule has 1 aromatic heterocycles. The number of nitrogens with zero attached hydrogens (tertiary/aromatic N) is 2. The second-order valence-corrected chi connectivity index (χ2v) is 9.37. The summed E-state index contributed by atoms with van der Waals surface area (Å²) in [5.41, 5.74) is 6.49. The van der Waals surface area contributed by atoms with E-state index in [-0.39, 0.29) is 32.8 Å². The molecule has 33 heavy (non-hydrogen) atoms. The molecule has 4 rings (SSSR count). The third kappa shape index (κ3) is 3.73. The van der Waals surface area contributed by atoms with Crippen molar-refractivity contribution >= 4 is 39.1 Å². The molecule has 2 amide bonds. The second-order valence-electron chi connectivity index (χ2n) is 7.23. The van der Waals surface area contributed by atoms with Gasteiger partial charge in [0.2, 0.25) is 0 Å². The summed E-state index contributed by atoms with van der Waals surface area (Å²) in [5, 5.41) is -0.324.